The Labute approximate surface area is 196 Å². The summed E-state index contributed by atoms with van der Waals surface area (Å²) in [5, 5.41) is 10.4. The summed E-state index contributed by atoms with van der Waals surface area (Å²) in [5.74, 6) is -0.230. The molecular formula is C27H37N3O3. The zero-order chi connectivity index (χ0) is 23.8. The van der Waals surface area contributed by atoms with Crippen LogP contribution in [-0.2, 0) is 18.4 Å². The van der Waals surface area contributed by atoms with Crippen molar-refractivity contribution in [1.29, 1.82) is 0 Å². The Morgan fingerprint density at radius 1 is 1.03 bits per heavy atom. The summed E-state index contributed by atoms with van der Waals surface area (Å²) in [6.07, 6.45) is 9.98. The first-order valence-electron chi connectivity index (χ1n) is 12.4. The van der Waals surface area contributed by atoms with E-state index < -0.39 is 11.3 Å². The Kier molecular flexibility index (Phi) is 6.64. The number of carbonyl (C=O) groups excluding carboxylic acids is 1. The van der Waals surface area contributed by atoms with Gasteiger partial charge in [-0.2, -0.15) is 4.98 Å². The first-order valence-corrected chi connectivity index (χ1v) is 12.4. The maximum absolute atomic E-state index is 12.9. The summed E-state index contributed by atoms with van der Waals surface area (Å²) in [7, 11) is 1.71. The molecule has 4 rings (SSSR count). The first-order chi connectivity index (χ1) is 15.7. The molecule has 1 amide bonds. The quantitative estimate of drug-likeness (QED) is 0.734. The summed E-state index contributed by atoms with van der Waals surface area (Å²) >= 11 is 0. The van der Waals surface area contributed by atoms with E-state index in [2.05, 4.69) is 37.0 Å². The smallest absolute Gasteiger partial charge is 0.315 e. The molecular weight excluding hydrogens is 414 g/mol. The third kappa shape index (κ3) is 4.57. The predicted octanol–water partition coefficient (Wildman–Crippen LogP) is 4.65. The molecule has 2 aliphatic rings. The van der Waals surface area contributed by atoms with Crippen LogP contribution in [0.3, 0.4) is 0 Å². The second kappa shape index (κ2) is 9.32. The molecule has 6 nitrogen and oxygen atoms in total. The lowest BCUT2D eigenvalue weighted by Gasteiger charge is -2.38. The van der Waals surface area contributed by atoms with Crippen LogP contribution in [0.1, 0.15) is 91.3 Å². The maximum Gasteiger partial charge on any atom is 0.315 e. The lowest BCUT2D eigenvalue weighted by molar-refractivity contribution is 0.0661. The molecule has 0 bridgehead atoms. The SMILES string of the molecule is Cc1cc(C)cc(C2(CCc3nc(=O)c(O)c4n3CC(C)N(C)C4=O)CCCCCCC2)c1. The number of amides is 1. The number of aryl methyl sites for hydroxylation is 3. The van der Waals surface area contributed by atoms with Crippen molar-refractivity contribution >= 4 is 5.91 Å². The van der Waals surface area contributed by atoms with Crippen LogP contribution >= 0.6 is 0 Å². The van der Waals surface area contributed by atoms with Gasteiger partial charge in [0.2, 0.25) is 5.75 Å². The van der Waals surface area contributed by atoms with Crippen molar-refractivity contribution in [2.75, 3.05) is 7.05 Å². The van der Waals surface area contributed by atoms with Crippen LogP contribution < -0.4 is 5.56 Å². The summed E-state index contributed by atoms with van der Waals surface area (Å²) in [4.78, 5) is 31.2. The molecule has 178 valence electrons. The fourth-order valence-electron chi connectivity index (χ4n) is 5.84. The number of aromatic hydroxyl groups is 1. The van der Waals surface area contributed by atoms with E-state index in [-0.39, 0.29) is 23.1 Å². The van der Waals surface area contributed by atoms with Gasteiger partial charge in [-0.25, -0.2) is 0 Å². The van der Waals surface area contributed by atoms with Crippen LogP contribution in [0, 0.1) is 13.8 Å². The summed E-state index contributed by atoms with van der Waals surface area (Å²) in [5.41, 5.74) is 3.38. The topological polar surface area (TPSA) is 75.4 Å². The molecule has 1 N–H and O–H groups in total. The number of benzene rings is 1. The molecule has 6 heteroatoms. The van der Waals surface area contributed by atoms with Crippen LogP contribution in [0.15, 0.2) is 23.0 Å². The van der Waals surface area contributed by atoms with Crippen molar-refractivity contribution in [2.24, 2.45) is 0 Å². The highest BCUT2D eigenvalue weighted by atomic mass is 16.3. The number of hydrogen-bond donors (Lipinski definition) is 1. The number of aromatic nitrogens is 2. The van der Waals surface area contributed by atoms with Gasteiger partial charge in [0.25, 0.3) is 5.91 Å². The lowest BCUT2D eigenvalue weighted by atomic mass is 9.68. The molecule has 1 aliphatic heterocycles. The fourth-order valence-corrected chi connectivity index (χ4v) is 5.84. The number of hydrogen-bond acceptors (Lipinski definition) is 4. The van der Waals surface area contributed by atoms with Gasteiger partial charge in [-0.1, -0.05) is 61.4 Å². The third-order valence-electron chi connectivity index (χ3n) is 7.84. The molecule has 0 saturated heterocycles. The fraction of sp³-hybridized carbons (Fsp3) is 0.593. The third-order valence-corrected chi connectivity index (χ3v) is 7.84. The van der Waals surface area contributed by atoms with Crippen molar-refractivity contribution in [2.45, 2.75) is 96.6 Å². The Bertz CT molecular complexity index is 1080. The van der Waals surface area contributed by atoms with E-state index >= 15 is 0 Å². The molecule has 0 radical (unpaired) electrons. The van der Waals surface area contributed by atoms with Crippen molar-refractivity contribution in [1.82, 2.24) is 14.5 Å². The number of rotatable bonds is 4. The normalized spacial score (nSPS) is 20.8. The van der Waals surface area contributed by atoms with Gasteiger partial charge in [0.1, 0.15) is 5.82 Å². The molecule has 1 aromatic carbocycles. The highest BCUT2D eigenvalue weighted by molar-refractivity contribution is 5.95. The van der Waals surface area contributed by atoms with E-state index in [4.69, 9.17) is 0 Å². The molecule has 0 spiro atoms. The monoisotopic (exact) mass is 451 g/mol. The molecule has 1 aliphatic carbocycles. The van der Waals surface area contributed by atoms with Crippen molar-refractivity contribution in [3.8, 4) is 5.75 Å². The lowest BCUT2D eigenvalue weighted by Crippen LogP contribution is -2.46. The Morgan fingerprint density at radius 2 is 1.64 bits per heavy atom. The predicted molar refractivity (Wildman–Crippen MR) is 130 cm³/mol. The van der Waals surface area contributed by atoms with E-state index in [1.807, 2.05) is 6.92 Å². The summed E-state index contributed by atoms with van der Waals surface area (Å²) < 4.78 is 1.79. The van der Waals surface area contributed by atoms with Gasteiger partial charge in [-0.3, -0.25) is 9.59 Å². The number of fused-ring (bicyclic) bond motifs is 1. The zero-order valence-electron chi connectivity index (χ0n) is 20.5. The zero-order valence-corrected chi connectivity index (χ0v) is 20.5. The minimum absolute atomic E-state index is 0.0257. The van der Waals surface area contributed by atoms with Crippen molar-refractivity contribution < 1.29 is 9.90 Å². The highest BCUT2D eigenvalue weighted by Crippen LogP contribution is 2.42. The van der Waals surface area contributed by atoms with Gasteiger partial charge >= 0.3 is 5.56 Å². The van der Waals surface area contributed by atoms with Crippen LogP contribution in [0.4, 0.5) is 0 Å². The molecule has 2 aromatic rings. The molecule has 33 heavy (non-hydrogen) atoms. The van der Waals surface area contributed by atoms with Gasteiger partial charge < -0.3 is 14.6 Å². The van der Waals surface area contributed by atoms with E-state index in [0.29, 0.717) is 18.8 Å². The van der Waals surface area contributed by atoms with E-state index in [9.17, 15) is 14.7 Å². The average molecular weight is 452 g/mol. The number of carbonyl (C=O) groups is 1. The largest absolute Gasteiger partial charge is 0.501 e. The standard InChI is InChI=1S/C27H37N3O3/c1-18-14-19(2)16-21(15-18)27(11-8-6-5-7-9-12-27)13-10-22-28-25(32)24(31)23-26(33)29(4)20(3)17-30(22)23/h14-16,20,31H,5-13,17H2,1-4H3. The molecule has 1 saturated carbocycles. The van der Waals surface area contributed by atoms with Crippen LogP contribution in [0.5, 0.6) is 5.75 Å². The Balaban J connectivity index is 1.74. The van der Waals surface area contributed by atoms with E-state index in [1.165, 1.54) is 48.8 Å². The second-order valence-electron chi connectivity index (χ2n) is 10.3. The van der Waals surface area contributed by atoms with Crippen LogP contribution in [-0.4, -0.2) is 38.6 Å². The van der Waals surface area contributed by atoms with Crippen LogP contribution in [0.25, 0.3) is 0 Å². The van der Waals surface area contributed by atoms with E-state index in [0.717, 1.165) is 19.3 Å². The van der Waals surface area contributed by atoms with Gasteiger partial charge in [0, 0.05) is 26.1 Å². The summed E-state index contributed by atoms with van der Waals surface area (Å²) in [6, 6.07) is 6.87. The Morgan fingerprint density at radius 3 is 2.27 bits per heavy atom. The molecule has 1 atom stereocenters. The Hall–Kier alpha value is -2.63. The summed E-state index contributed by atoms with van der Waals surface area (Å²) in [6.45, 7) is 6.83. The number of likely N-dealkylation sites (N-methyl/N-ethyl adjacent to an activating group) is 1. The van der Waals surface area contributed by atoms with Gasteiger partial charge in [-0.05, 0) is 51.0 Å². The first kappa shape index (κ1) is 23.5. The number of nitrogens with zero attached hydrogens (tertiary/aromatic N) is 3. The average Bonchev–Trinajstić information content (AvgIpc) is 2.74. The van der Waals surface area contributed by atoms with Crippen LogP contribution in [0.2, 0.25) is 0 Å². The minimum atomic E-state index is -0.703. The minimum Gasteiger partial charge on any atom is -0.501 e. The second-order valence-corrected chi connectivity index (χ2v) is 10.3. The highest BCUT2D eigenvalue weighted by Gasteiger charge is 2.35. The van der Waals surface area contributed by atoms with E-state index in [1.54, 1.807) is 16.5 Å². The van der Waals surface area contributed by atoms with Crippen molar-refractivity contribution in [3.05, 3.63) is 56.8 Å². The molecule has 1 fully saturated rings. The van der Waals surface area contributed by atoms with Gasteiger partial charge in [-0.15, -0.1) is 0 Å². The van der Waals surface area contributed by atoms with Crippen molar-refractivity contribution in [3.63, 3.8) is 0 Å². The molecule has 1 unspecified atom stereocenters. The molecule has 1 aromatic heterocycles. The molecule has 2 heterocycles. The maximum atomic E-state index is 12.9. The van der Waals surface area contributed by atoms with Gasteiger partial charge in [0.05, 0.1) is 0 Å². The van der Waals surface area contributed by atoms with Gasteiger partial charge in [0.15, 0.2) is 5.69 Å².